The van der Waals surface area contributed by atoms with E-state index in [1.807, 2.05) is 13.0 Å². The number of carbonyl (C=O) groups excluding carboxylic acids is 1. The Morgan fingerprint density at radius 2 is 2.07 bits per heavy atom. The fourth-order valence-electron chi connectivity index (χ4n) is 2.78. The van der Waals surface area contributed by atoms with Crippen molar-refractivity contribution in [3.63, 3.8) is 0 Å². The maximum absolute atomic E-state index is 12.8. The second-order valence-electron chi connectivity index (χ2n) is 6.29. The summed E-state index contributed by atoms with van der Waals surface area (Å²) in [6, 6.07) is 9.78. The molecular formula is C19H21AsN2O6. The van der Waals surface area contributed by atoms with E-state index in [4.69, 9.17) is 9.47 Å². The summed E-state index contributed by atoms with van der Waals surface area (Å²) in [5, 5.41) is 23.4. The topological polar surface area (TPSA) is 111 Å². The maximum atomic E-state index is 12.8. The van der Waals surface area contributed by atoms with Crippen LogP contribution in [0.5, 0.6) is 11.5 Å². The van der Waals surface area contributed by atoms with Crippen LogP contribution in [0.2, 0.25) is 4.71 Å². The summed E-state index contributed by atoms with van der Waals surface area (Å²) >= 11 is -0.823. The molecule has 2 unspecified atom stereocenters. The van der Waals surface area contributed by atoms with Crippen molar-refractivity contribution in [2.45, 2.75) is 24.6 Å². The number of hydrogen-bond donors (Lipinski definition) is 2. The zero-order valence-electron chi connectivity index (χ0n) is 15.3. The monoisotopic (exact) mass is 448 g/mol. The molecule has 0 radical (unpaired) electrons. The van der Waals surface area contributed by atoms with Gasteiger partial charge < -0.3 is 0 Å². The number of aliphatic hydroxyl groups excluding tert-OH is 1. The number of ether oxygens (including phenoxy) is 2. The van der Waals surface area contributed by atoms with Crippen LogP contribution in [0.1, 0.15) is 29.3 Å². The van der Waals surface area contributed by atoms with E-state index in [0.29, 0.717) is 17.1 Å². The molecule has 1 heterocycles. The minimum absolute atomic E-state index is 0.0474. The van der Waals surface area contributed by atoms with Gasteiger partial charge in [0, 0.05) is 0 Å². The third-order valence-corrected chi connectivity index (χ3v) is 8.08. The zero-order chi connectivity index (χ0) is 20.1. The van der Waals surface area contributed by atoms with Gasteiger partial charge in [-0.2, -0.15) is 0 Å². The van der Waals surface area contributed by atoms with Crippen LogP contribution < -0.4 is 19.1 Å². The molecule has 0 spiro atoms. The Kier molecular flexibility index (Phi) is 6.54. The molecule has 0 bridgehead atoms. The van der Waals surface area contributed by atoms with E-state index < -0.39 is 20.7 Å². The third-order valence-electron chi connectivity index (χ3n) is 4.42. The Balaban J connectivity index is 1.78. The molecule has 2 aromatic rings. The summed E-state index contributed by atoms with van der Waals surface area (Å²) in [5.74, 6) is 0.923. The Hall–Kier alpha value is -2.57. The van der Waals surface area contributed by atoms with E-state index in [9.17, 15) is 20.0 Å². The first-order valence-electron chi connectivity index (χ1n) is 8.84. The molecule has 8 nitrogen and oxygen atoms in total. The average molecular weight is 448 g/mol. The third kappa shape index (κ3) is 4.63. The molecule has 0 aliphatic carbocycles. The molecule has 9 heteroatoms. The molecule has 1 aliphatic heterocycles. The number of aliphatic hydroxyl groups is 1. The zero-order valence-corrected chi connectivity index (χ0v) is 17.4. The van der Waals surface area contributed by atoms with Crippen LogP contribution in [0.3, 0.4) is 0 Å². The molecule has 148 valence electrons. The predicted molar refractivity (Wildman–Crippen MR) is 105 cm³/mol. The van der Waals surface area contributed by atoms with Gasteiger partial charge in [0.15, 0.2) is 0 Å². The van der Waals surface area contributed by atoms with Crippen molar-refractivity contribution in [3.05, 3.63) is 57.6 Å². The predicted octanol–water partition coefficient (Wildman–Crippen LogP) is 1.51. The van der Waals surface area contributed by atoms with Gasteiger partial charge in [0.2, 0.25) is 0 Å². The summed E-state index contributed by atoms with van der Waals surface area (Å²) in [6.07, 6.45) is 0.797. The standard InChI is InChI=1S/C19H21AsN2O6/c1-2-13(10-23)20-16-5-4-14(22(25)26)8-15(16)19(24)21-9-12-3-6-17-18(7-12)28-11-27-17/h3-8,13,20,23H,2,9-11H2,1H3,(H,21,24). The molecule has 0 aromatic heterocycles. The summed E-state index contributed by atoms with van der Waals surface area (Å²) in [4.78, 5) is 23.4. The fraction of sp³-hybridized carbons (Fsp3) is 0.316. The van der Waals surface area contributed by atoms with Crippen LogP contribution in [-0.4, -0.2) is 45.1 Å². The van der Waals surface area contributed by atoms with Gasteiger partial charge >= 0.3 is 168 Å². The summed E-state index contributed by atoms with van der Waals surface area (Å²) < 4.78 is 11.5. The normalized spacial score (nSPS) is 13.6. The van der Waals surface area contributed by atoms with Crippen LogP contribution in [0, 0.1) is 10.1 Å². The Morgan fingerprint density at radius 3 is 2.79 bits per heavy atom. The Bertz CT molecular complexity index is 885. The van der Waals surface area contributed by atoms with Gasteiger partial charge in [-0.25, -0.2) is 0 Å². The second kappa shape index (κ2) is 9.08. The number of rotatable bonds is 8. The number of nitro benzene ring substituents is 1. The molecular weight excluding hydrogens is 427 g/mol. The second-order valence-corrected chi connectivity index (χ2v) is 9.74. The number of hydrogen-bond acceptors (Lipinski definition) is 6. The quantitative estimate of drug-likeness (QED) is 0.360. The van der Waals surface area contributed by atoms with Gasteiger partial charge in [-0.15, -0.1) is 0 Å². The van der Waals surface area contributed by atoms with Gasteiger partial charge in [-0.1, -0.05) is 0 Å². The molecule has 0 saturated heterocycles. The van der Waals surface area contributed by atoms with E-state index in [1.165, 1.54) is 12.1 Å². The van der Waals surface area contributed by atoms with Gasteiger partial charge in [0.25, 0.3) is 0 Å². The number of benzene rings is 2. The van der Waals surface area contributed by atoms with Crippen molar-refractivity contribution in [3.8, 4) is 11.5 Å². The Morgan fingerprint density at radius 1 is 1.29 bits per heavy atom. The summed E-state index contributed by atoms with van der Waals surface area (Å²) in [5.41, 5.74) is 1.02. The van der Waals surface area contributed by atoms with Crippen LogP contribution in [-0.2, 0) is 6.54 Å². The van der Waals surface area contributed by atoms with E-state index in [2.05, 4.69) is 5.32 Å². The number of nitro groups is 1. The Labute approximate surface area is 168 Å². The minimum atomic E-state index is -0.823. The first kappa shape index (κ1) is 20.2. The number of non-ortho nitro benzene ring substituents is 1. The number of amides is 1. The van der Waals surface area contributed by atoms with Gasteiger partial charge in [-0.05, 0) is 0 Å². The number of nitrogens with zero attached hydrogens (tertiary/aromatic N) is 1. The SMILES string of the molecule is CCC(CO)[AsH]c1ccc([N+](=O)[O-])cc1C(=O)NCc1ccc2c(c1)OCO2. The molecule has 2 atom stereocenters. The van der Waals surface area contributed by atoms with E-state index in [0.717, 1.165) is 16.3 Å². The van der Waals surface area contributed by atoms with Gasteiger partial charge in [0.1, 0.15) is 0 Å². The van der Waals surface area contributed by atoms with Crippen molar-refractivity contribution < 1.29 is 24.3 Å². The summed E-state index contributed by atoms with van der Waals surface area (Å²) in [7, 11) is 0. The molecule has 3 rings (SSSR count). The first-order chi connectivity index (χ1) is 13.5. The fourth-order valence-corrected chi connectivity index (χ4v) is 5.42. The van der Waals surface area contributed by atoms with Crippen LogP contribution in [0.25, 0.3) is 0 Å². The van der Waals surface area contributed by atoms with E-state index in [1.54, 1.807) is 18.2 Å². The first-order valence-corrected chi connectivity index (χ1v) is 11.1. The molecule has 28 heavy (non-hydrogen) atoms. The molecule has 2 aromatic carbocycles. The molecule has 0 saturated carbocycles. The molecule has 2 N–H and O–H groups in total. The van der Waals surface area contributed by atoms with Crippen molar-refractivity contribution in [2.24, 2.45) is 0 Å². The number of nitrogens with one attached hydrogen (secondary N) is 1. The van der Waals surface area contributed by atoms with Crippen molar-refractivity contribution in [2.75, 3.05) is 13.4 Å². The average Bonchev–Trinajstić information content (AvgIpc) is 3.18. The van der Waals surface area contributed by atoms with Crippen molar-refractivity contribution in [1.82, 2.24) is 5.32 Å². The van der Waals surface area contributed by atoms with Crippen LogP contribution in [0.4, 0.5) is 5.69 Å². The van der Waals surface area contributed by atoms with Gasteiger partial charge in [-0.3, -0.25) is 0 Å². The summed E-state index contributed by atoms with van der Waals surface area (Å²) in [6.45, 7) is 2.46. The number of carbonyl (C=O) groups is 1. The molecule has 1 aliphatic rings. The molecule has 0 fully saturated rings. The van der Waals surface area contributed by atoms with Crippen molar-refractivity contribution in [1.29, 1.82) is 0 Å². The van der Waals surface area contributed by atoms with E-state index >= 15 is 0 Å². The molecule has 1 amide bonds. The van der Waals surface area contributed by atoms with E-state index in [-0.39, 0.29) is 36.2 Å². The van der Waals surface area contributed by atoms with Crippen LogP contribution in [0.15, 0.2) is 36.4 Å². The van der Waals surface area contributed by atoms with Crippen LogP contribution >= 0.6 is 0 Å². The van der Waals surface area contributed by atoms with Crippen molar-refractivity contribution >= 4 is 31.7 Å². The number of fused-ring (bicyclic) bond motifs is 1. The van der Waals surface area contributed by atoms with Gasteiger partial charge in [0.05, 0.1) is 0 Å².